The molecule has 0 aromatic heterocycles. The van der Waals surface area contributed by atoms with Crippen molar-refractivity contribution < 1.29 is 24.2 Å². The molecule has 0 unspecified atom stereocenters. The zero-order valence-electron chi connectivity index (χ0n) is 20.4. The first-order chi connectivity index (χ1) is 18.1. The van der Waals surface area contributed by atoms with Gasteiger partial charge >= 0.3 is 0 Å². The fourth-order valence-electron chi connectivity index (χ4n) is 4.81. The van der Waals surface area contributed by atoms with Crippen molar-refractivity contribution in [3.05, 3.63) is 114 Å². The summed E-state index contributed by atoms with van der Waals surface area (Å²) in [6.07, 6.45) is 1.69. The molecule has 37 heavy (non-hydrogen) atoms. The summed E-state index contributed by atoms with van der Waals surface area (Å²) < 4.78 is 12.1. The summed E-state index contributed by atoms with van der Waals surface area (Å²) in [5, 5.41) is 8.96. The SMILES string of the molecule is C=CC[C@@]12N=C(c3ccc(OCCCO)cc3)O[C@@H]1c1ccccc1CN(C(=O)c1ccccc1)C2=O. The van der Waals surface area contributed by atoms with E-state index < -0.39 is 17.6 Å². The summed E-state index contributed by atoms with van der Waals surface area (Å²) in [6, 6.07) is 23.7. The van der Waals surface area contributed by atoms with Gasteiger partial charge in [0.15, 0.2) is 11.6 Å². The number of benzene rings is 3. The average Bonchev–Trinajstić information content (AvgIpc) is 3.29. The third-order valence-corrected chi connectivity index (χ3v) is 6.64. The number of aliphatic imine (C=N–C) groups is 1. The number of carbonyl (C=O) groups excluding carboxylic acids is 2. The lowest BCUT2D eigenvalue weighted by molar-refractivity contribution is -0.136. The monoisotopic (exact) mass is 496 g/mol. The third kappa shape index (κ3) is 4.54. The number of hydrogen-bond donors (Lipinski definition) is 1. The van der Waals surface area contributed by atoms with Gasteiger partial charge in [0, 0.05) is 36.1 Å². The van der Waals surface area contributed by atoms with Gasteiger partial charge in [-0.25, -0.2) is 4.99 Å². The van der Waals surface area contributed by atoms with Crippen LogP contribution in [0.1, 0.15) is 46.0 Å². The highest BCUT2D eigenvalue weighted by molar-refractivity contribution is 6.10. The van der Waals surface area contributed by atoms with Crippen molar-refractivity contribution in [1.82, 2.24) is 4.90 Å². The summed E-state index contributed by atoms with van der Waals surface area (Å²) in [6.45, 7) is 4.50. The molecule has 2 amide bonds. The molecule has 1 N–H and O–H groups in total. The van der Waals surface area contributed by atoms with Crippen LogP contribution in [0.15, 0.2) is 96.5 Å². The number of amides is 2. The molecule has 188 valence electrons. The van der Waals surface area contributed by atoms with E-state index in [1.54, 1.807) is 42.5 Å². The molecule has 0 fully saturated rings. The number of fused-ring (bicyclic) bond motifs is 3. The highest BCUT2D eigenvalue weighted by Gasteiger charge is 2.57. The van der Waals surface area contributed by atoms with E-state index in [9.17, 15) is 9.59 Å². The fourth-order valence-corrected chi connectivity index (χ4v) is 4.81. The van der Waals surface area contributed by atoms with Crippen molar-refractivity contribution in [3.63, 3.8) is 0 Å². The maximum atomic E-state index is 14.2. The molecule has 0 saturated carbocycles. The molecule has 0 bridgehead atoms. The second-order valence-electron chi connectivity index (χ2n) is 9.04. The third-order valence-electron chi connectivity index (χ3n) is 6.64. The molecule has 2 aliphatic heterocycles. The predicted molar refractivity (Wildman–Crippen MR) is 139 cm³/mol. The molecule has 0 saturated heterocycles. The molecule has 0 spiro atoms. The minimum Gasteiger partial charge on any atom is -0.494 e. The van der Waals surface area contributed by atoms with Gasteiger partial charge in [-0.05, 0) is 42.0 Å². The second kappa shape index (κ2) is 10.4. The molecule has 0 aliphatic carbocycles. The Bertz CT molecular complexity index is 1340. The first-order valence-corrected chi connectivity index (χ1v) is 12.3. The van der Waals surface area contributed by atoms with E-state index in [1.807, 2.05) is 42.5 Å². The van der Waals surface area contributed by atoms with Crippen molar-refractivity contribution in [3.8, 4) is 5.75 Å². The Morgan fingerprint density at radius 2 is 1.84 bits per heavy atom. The summed E-state index contributed by atoms with van der Waals surface area (Å²) >= 11 is 0. The Morgan fingerprint density at radius 1 is 1.11 bits per heavy atom. The molecule has 2 atom stereocenters. The van der Waals surface area contributed by atoms with Crippen molar-refractivity contribution in [2.75, 3.05) is 13.2 Å². The van der Waals surface area contributed by atoms with Crippen LogP contribution in [0, 0.1) is 0 Å². The van der Waals surface area contributed by atoms with Crippen LogP contribution in [-0.2, 0) is 16.1 Å². The lowest BCUT2D eigenvalue weighted by Gasteiger charge is -2.30. The minimum absolute atomic E-state index is 0.0643. The standard InChI is InChI=1S/C30H28N2O5/c1-2-17-30-26(37-27(31-30)21-13-15-24(16-14-21)36-19-8-18-33)25-12-7-6-11-23(25)20-32(29(30)35)28(34)22-9-4-3-5-10-22/h2-7,9-16,26,33H,1,8,17-20H2/t26-,30-/m1/s1. The molecule has 2 heterocycles. The van der Waals surface area contributed by atoms with E-state index in [-0.39, 0.29) is 25.5 Å². The smallest absolute Gasteiger partial charge is 0.262 e. The Hall–Kier alpha value is -4.23. The number of aliphatic hydroxyl groups excluding tert-OH is 1. The van der Waals surface area contributed by atoms with Crippen LogP contribution in [0.4, 0.5) is 0 Å². The highest BCUT2D eigenvalue weighted by atomic mass is 16.5. The van der Waals surface area contributed by atoms with Gasteiger partial charge in [-0.1, -0.05) is 48.5 Å². The van der Waals surface area contributed by atoms with Crippen LogP contribution < -0.4 is 4.74 Å². The first-order valence-electron chi connectivity index (χ1n) is 12.3. The van der Waals surface area contributed by atoms with Gasteiger partial charge in [0.2, 0.25) is 5.90 Å². The molecule has 3 aromatic carbocycles. The number of aliphatic hydroxyl groups is 1. The lowest BCUT2D eigenvalue weighted by Crippen LogP contribution is -2.50. The van der Waals surface area contributed by atoms with Gasteiger partial charge in [-0.2, -0.15) is 0 Å². The minimum atomic E-state index is -1.37. The van der Waals surface area contributed by atoms with E-state index >= 15 is 0 Å². The van der Waals surface area contributed by atoms with Gasteiger partial charge < -0.3 is 14.6 Å². The number of rotatable bonds is 8. The summed E-state index contributed by atoms with van der Waals surface area (Å²) in [5.74, 6) is 0.191. The Labute approximate surface area is 215 Å². The number of ether oxygens (including phenoxy) is 2. The van der Waals surface area contributed by atoms with E-state index in [1.165, 1.54) is 4.90 Å². The lowest BCUT2D eigenvalue weighted by atomic mass is 9.84. The van der Waals surface area contributed by atoms with Gasteiger partial charge in [0.05, 0.1) is 13.2 Å². The van der Waals surface area contributed by atoms with E-state index in [2.05, 4.69) is 6.58 Å². The van der Waals surface area contributed by atoms with Gasteiger partial charge in [-0.3, -0.25) is 14.5 Å². The number of imide groups is 1. The predicted octanol–water partition coefficient (Wildman–Crippen LogP) is 4.46. The maximum absolute atomic E-state index is 14.2. The zero-order chi connectivity index (χ0) is 25.8. The topological polar surface area (TPSA) is 88.4 Å². The summed E-state index contributed by atoms with van der Waals surface area (Å²) in [5.41, 5.74) is 1.41. The normalized spacial score (nSPS) is 20.2. The molecule has 0 radical (unpaired) electrons. The van der Waals surface area contributed by atoms with Gasteiger partial charge in [0.25, 0.3) is 11.8 Å². The van der Waals surface area contributed by atoms with E-state index in [4.69, 9.17) is 19.6 Å². The number of nitrogens with zero attached hydrogens (tertiary/aromatic N) is 2. The van der Waals surface area contributed by atoms with Gasteiger partial charge in [0.1, 0.15) is 5.75 Å². The zero-order valence-corrected chi connectivity index (χ0v) is 20.4. The maximum Gasteiger partial charge on any atom is 0.262 e. The van der Waals surface area contributed by atoms with E-state index in [0.717, 1.165) is 11.1 Å². The first kappa shape index (κ1) is 24.5. The van der Waals surface area contributed by atoms with Gasteiger partial charge in [-0.15, -0.1) is 6.58 Å². The number of hydrogen-bond acceptors (Lipinski definition) is 6. The molecular formula is C30H28N2O5. The van der Waals surface area contributed by atoms with Crippen LogP contribution in [0.3, 0.4) is 0 Å². The van der Waals surface area contributed by atoms with Crippen molar-refractivity contribution in [2.24, 2.45) is 4.99 Å². The molecule has 7 nitrogen and oxygen atoms in total. The summed E-state index contributed by atoms with van der Waals surface area (Å²) in [7, 11) is 0. The van der Waals surface area contributed by atoms with Crippen molar-refractivity contribution in [1.29, 1.82) is 0 Å². The number of carbonyl (C=O) groups is 2. The van der Waals surface area contributed by atoms with Crippen LogP contribution >= 0.6 is 0 Å². The van der Waals surface area contributed by atoms with Crippen LogP contribution in [0.5, 0.6) is 5.75 Å². The Kier molecular flexibility index (Phi) is 6.88. The average molecular weight is 497 g/mol. The van der Waals surface area contributed by atoms with Crippen LogP contribution in [-0.4, -0.2) is 46.5 Å². The van der Waals surface area contributed by atoms with Crippen LogP contribution in [0.25, 0.3) is 0 Å². The van der Waals surface area contributed by atoms with E-state index in [0.29, 0.717) is 35.8 Å². The highest BCUT2D eigenvalue weighted by Crippen LogP contribution is 2.47. The molecule has 5 rings (SSSR count). The van der Waals surface area contributed by atoms with Crippen molar-refractivity contribution >= 4 is 17.7 Å². The van der Waals surface area contributed by atoms with Crippen molar-refractivity contribution in [2.45, 2.75) is 31.0 Å². The molecule has 3 aromatic rings. The van der Waals surface area contributed by atoms with Crippen LogP contribution in [0.2, 0.25) is 0 Å². The Balaban J connectivity index is 1.56. The molecular weight excluding hydrogens is 468 g/mol. The largest absolute Gasteiger partial charge is 0.494 e. The Morgan fingerprint density at radius 3 is 2.57 bits per heavy atom. The summed E-state index contributed by atoms with van der Waals surface area (Å²) in [4.78, 5) is 34.0. The second-order valence-corrected chi connectivity index (χ2v) is 9.04. The molecule has 2 aliphatic rings. The quantitative estimate of drug-likeness (QED) is 0.283. The fraction of sp³-hybridized carbons (Fsp3) is 0.233. The molecule has 7 heteroatoms.